The van der Waals surface area contributed by atoms with E-state index in [-0.39, 0.29) is 6.04 Å². The number of aromatic nitrogens is 2. The third-order valence-electron chi connectivity index (χ3n) is 7.33. The number of piperidine rings is 3. The first-order chi connectivity index (χ1) is 16.7. The Labute approximate surface area is 200 Å². The van der Waals surface area contributed by atoms with Gasteiger partial charge in [0, 0.05) is 35.8 Å². The molecule has 0 saturated carbocycles. The molecule has 0 spiro atoms. The first kappa shape index (κ1) is 22.5. The van der Waals surface area contributed by atoms with E-state index < -0.39 is 6.10 Å². The normalized spacial score (nSPS) is 24.3. The molecule has 34 heavy (non-hydrogen) atoms. The number of nitrogens with zero attached hydrogens (tertiary/aromatic N) is 3. The summed E-state index contributed by atoms with van der Waals surface area (Å²) in [4.78, 5) is 11.0. The summed E-state index contributed by atoms with van der Waals surface area (Å²) in [6.45, 7) is 6.07. The lowest BCUT2D eigenvalue weighted by Crippen LogP contribution is -2.54. The summed E-state index contributed by atoms with van der Waals surface area (Å²) in [5.74, 6) is 2.01. The van der Waals surface area contributed by atoms with Gasteiger partial charge in [-0.25, -0.2) is 0 Å². The van der Waals surface area contributed by atoms with Crippen LogP contribution in [0, 0.1) is 11.8 Å². The van der Waals surface area contributed by atoms with Crippen molar-refractivity contribution in [1.29, 1.82) is 0 Å². The van der Waals surface area contributed by atoms with Gasteiger partial charge in [0.15, 0.2) is 0 Å². The Kier molecular flexibility index (Phi) is 6.57. The van der Waals surface area contributed by atoms with E-state index in [2.05, 4.69) is 39.7 Å². The predicted octanol–water partition coefficient (Wildman–Crippen LogP) is 5.41. The van der Waals surface area contributed by atoms with Gasteiger partial charge in [-0.05, 0) is 73.2 Å². The molecule has 3 saturated heterocycles. The maximum absolute atomic E-state index is 11.2. The molecule has 3 aliphatic rings. The van der Waals surface area contributed by atoms with Crippen molar-refractivity contribution in [3.63, 3.8) is 0 Å². The van der Waals surface area contributed by atoms with Gasteiger partial charge in [-0.15, -0.1) is 6.58 Å². The molecule has 2 aromatic carbocycles. The first-order valence-corrected chi connectivity index (χ1v) is 11.9. The molecule has 5 nitrogen and oxygen atoms in total. The number of hydrogen-bond acceptors (Lipinski definition) is 5. The van der Waals surface area contributed by atoms with E-state index in [1.807, 2.05) is 54.7 Å². The average Bonchev–Trinajstić information content (AvgIpc) is 2.92. The largest absolute Gasteiger partial charge is 0.497 e. The molecule has 174 valence electrons. The number of aliphatic hydroxyl groups is 1. The second kappa shape index (κ2) is 9.92. The van der Waals surface area contributed by atoms with Crippen molar-refractivity contribution in [3.8, 4) is 5.75 Å². The van der Waals surface area contributed by atoms with Gasteiger partial charge in [0.05, 0.1) is 24.2 Å². The highest BCUT2D eigenvalue weighted by atomic mass is 16.5. The van der Waals surface area contributed by atoms with Crippen molar-refractivity contribution in [2.24, 2.45) is 11.8 Å². The van der Waals surface area contributed by atoms with Gasteiger partial charge in [0.2, 0.25) is 0 Å². The van der Waals surface area contributed by atoms with Crippen LogP contribution in [0.1, 0.15) is 24.5 Å². The average molecular weight is 454 g/mol. The van der Waals surface area contributed by atoms with Gasteiger partial charge in [-0.2, -0.15) is 0 Å². The number of methoxy groups -OCH3 is 1. The second-order valence-electron chi connectivity index (χ2n) is 9.17. The number of pyridine rings is 2. The highest BCUT2D eigenvalue weighted by Gasteiger charge is 2.42. The molecule has 7 rings (SSSR count). The molecule has 0 aliphatic carbocycles. The van der Waals surface area contributed by atoms with Crippen LogP contribution >= 0.6 is 0 Å². The van der Waals surface area contributed by atoms with Gasteiger partial charge >= 0.3 is 0 Å². The van der Waals surface area contributed by atoms with Crippen LogP contribution in [0.25, 0.3) is 21.8 Å². The fourth-order valence-corrected chi connectivity index (χ4v) is 5.46. The third kappa shape index (κ3) is 4.41. The Morgan fingerprint density at radius 2 is 1.88 bits per heavy atom. The lowest BCUT2D eigenvalue weighted by molar-refractivity contribution is -0.0444. The van der Waals surface area contributed by atoms with E-state index in [0.29, 0.717) is 11.8 Å². The maximum Gasteiger partial charge on any atom is 0.119 e. The minimum Gasteiger partial charge on any atom is -0.497 e. The molecule has 3 aliphatic heterocycles. The minimum absolute atomic E-state index is 0.178. The van der Waals surface area contributed by atoms with E-state index in [0.717, 1.165) is 47.2 Å². The smallest absolute Gasteiger partial charge is 0.119 e. The molecular formula is C29H31N3O2. The van der Waals surface area contributed by atoms with E-state index in [4.69, 9.17) is 4.74 Å². The first-order valence-electron chi connectivity index (χ1n) is 11.9. The molecule has 4 aromatic rings. The highest BCUT2D eigenvalue weighted by Crippen LogP contribution is 2.42. The topological polar surface area (TPSA) is 58.5 Å². The highest BCUT2D eigenvalue weighted by molar-refractivity contribution is 5.84. The fourth-order valence-electron chi connectivity index (χ4n) is 5.46. The van der Waals surface area contributed by atoms with Gasteiger partial charge in [-0.3, -0.25) is 14.9 Å². The lowest BCUT2D eigenvalue weighted by atomic mass is 9.73. The Balaban J connectivity index is 0.000000200. The van der Waals surface area contributed by atoms with E-state index in [9.17, 15) is 5.11 Å². The van der Waals surface area contributed by atoms with Crippen molar-refractivity contribution < 1.29 is 9.84 Å². The molecule has 5 heterocycles. The summed E-state index contributed by atoms with van der Waals surface area (Å²) < 4.78 is 5.35. The van der Waals surface area contributed by atoms with E-state index in [1.165, 1.54) is 11.8 Å². The van der Waals surface area contributed by atoms with E-state index in [1.54, 1.807) is 13.3 Å². The molecule has 2 aromatic heterocycles. The van der Waals surface area contributed by atoms with E-state index >= 15 is 0 Å². The SMILES string of the molecule is C=CC1CN2CCC1CC2[C@H](O)c1ccnc2ccc(OC)cc12.c1ccc2ncccc2c1. The summed E-state index contributed by atoms with van der Waals surface area (Å²) in [6, 6.07) is 20.0. The standard InChI is InChI=1S/C20H24N2O2.C9H7N/c1-3-13-12-22-9-7-14(13)10-19(22)20(23)16-6-8-21-18-5-4-15(24-2)11-17(16)18;1-2-6-9-8(4-1)5-3-7-10-9/h3-6,8,11,13-14,19-20,23H,1,7,9-10,12H2,2H3;1-7H/t13?,14?,19?,20-;/m1./s1. The fraction of sp³-hybridized carbons (Fsp3) is 0.310. The molecule has 4 unspecified atom stereocenters. The monoisotopic (exact) mass is 453 g/mol. The molecular weight excluding hydrogens is 422 g/mol. The zero-order valence-corrected chi connectivity index (χ0v) is 19.5. The number of aliphatic hydroxyl groups excluding tert-OH is 1. The molecule has 1 N–H and O–H groups in total. The molecule has 0 radical (unpaired) electrons. The minimum atomic E-state index is -0.504. The number of fused-ring (bicyclic) bond motifs is 5. The van der Waals surface area contributed by atoms with Crippen LogP contribution in [0.2, 0.25) is 0 Å². The molecule has 2 bridgehead atoms. The number of para-hydroxylation sites is 1. The maximum atomic E-state index is 11.2. The number of benzene rings is 2. The molecule has 0 amide bonds. The van der Waals surface area contributed by atoms with Crippen LogP contribution < -0.4 is 4.74 Å². The van der Waals surface area contributed by atoms with Crippen molar-refractivity contribution in [2.75, 3.05) is 20.2 Å². The van der Waals surface area contributed by atoms with Crippen molar-refractivity contribution in [1.82, 2.24) is 14.9 Å². The van der Waals surface area contributed by atoms with Crippen LogP contribution in [-0.2, 0) is 0 Å². The van der Waals surface area contributed by atoms with Crippen molar-refractivity contribution in [3.05, 3.63) is 91.3 Å². The number of hydrogen-bond donors (Lipinski definition) is 1. The predicted molar refractivity (Wildman–Crippen MR) is 137 cm³/mol. The summed E-state index contributed by atoms with van der Waals surface area (Å²) in [7, 11) is 1.66. The van der Waals surface area contributed by atoms with Crippen LogP contribution in [0.4, 0.5) is 0 Å². The molecule has 5 heteroatoms. The van der Waals surface area contributed by atoms with Gasteiger partial charge in [-0.1, -0.05) is 30.3 Å². The zero-order valence-electron chi connectivity index (χ0n) is 19.5. The Morgan fingerprint density at radius 1 is 1.06 bits per heavy atom. The number of ether oxygens (including phenoxy) is 1. The lowest BCUT2D eigenvalue weighted by Gasteiger charge is -2.50. The summed E-state index contributed by atoms with van der Waals surface area (Å²) in [5.41, 5.74) is 2.91. The third-order valence-corrected chi connectivity index (χ3v) is 7.33. The van der Waals surface area contributed by atoms with Crippen molar-refractivity contribution >= 4 is 21.8 Å². The molecule has 5 atom stereocenters. The Morgan fingerprint density at radius 3 is 2.65 bits per heavy atom. The van der Waals surface area contributed by atoms with Crippen LogP contribution in [-0.4, -0.2) is 46.2 Å². The summed E-state index contributed by atoms with van der Waals surface area (Å²) in [5, 5.41) is 13.3. The van der Waals surface area contributed by atoms with Crippen LogP contribution in [0.5, 0.6) is 5.75 Å². The summed E-state index contributed by atoms with van der Waals surface area (Å²) in [6.07, 6.45) is 7.43. The number of rotatable bonds is 4. The Hall–Kier alpha value is -3.28. The molecule has 3 fully saturated rings. The van der Waals surface area contributed by atoms with Gasteiger partial charge in [0.25, 0.3) is 0 Å². The van der Waals surface area contributed by atoms with Gasteiger partial charge < -0.3 is 9.84 Å². The van der Waals surface area contributed by atoms with Crippen molar-refractivity contribution in [2.45, 2.75) is 25.0 Å². The quantitative estimate of drug-likeness (QED) is 0.419. The zero-order chi connectivity index (χ0) is 23.5. The van der Waals surface area contributed by atoms with Crippen LogP contribution in [0.3, 0.4) is 0 Å². The van der Waals surface area contributed by atoms with Crippen LogP contribution in [0.15, 0.2) is 85.7 Å². The Bertz CT molecular complexity index is 1230. The van der Waals surface area contributed by atoms with Gasteiger partial charge in [0.1, 0.15) is 5.75 Å². The second-order valence-corrected chi connectivity index (χ2v) is 9.17. The summed E-state index contributed by atoms with van der Waals surface area (Å²) >= 11 is 0.